The number of pyridine rings is 1. The summed E-state index contributed by atoms with van der Waals surface area (Å²) in [5, 5.41) is 8.27. The first-order valence-corrected chi connectivity index (χ1v) is 9.99. The zero-order chi connectivity index (χ0) is 20.0. The maximum absolute atomic E-state index is 13.5. The number of benzene rings is 1. The van der Waals surface area contributed by atoms with Crippen molar-refractivity contribution in [2.75, 3.05) is 6.54 Å². The first kappa shape index (κ1) is 17.9. The molecule has 4 aromatic rings. The zero-order valence-electron chi connectivity index (χ0n) is 15.9. The van der Waals surface area contributed by atoms with Crippen LogP contribution in [-0.4, -0.2) is 37.5 Å². The van der Waals surface area contributed by atoms with Crippen LogP contribution in [0.4, 0.5) is 0 Å². The van der Waals surface area contributed by atoms with Crippen LogP contribution in [0.1, 0.15) is 35.7 Å². The highest BCUT2D eigenvalue weighted by Gasteiger charge is 2.41. The normalized spacial score (nSPS) is 19.2. The predicted octanol–water partition coefficient (Wildman–Crippen LogP) is 4.76. The number of hydrogen-bond acceptors (Lipinski definition) is 3. The molecule has 0 saturated carbocycles. The molecule has 1 aromatic carbocycles. The molecule has 29 heavy (non-hydrogen) atoms. The minimum atomic E-state index is -0.379. The summed E-state index contributed by atoms with van der Waals surface area (Å²) in [5.41, 5.74) is 3.73. The molecule has 4 heterocycles. The number of halogens is 1. The molecule has 5 rings (SSSR count). The molecule has 0 unspecified atom stereocenters. The second-order valence-corrected chi connectivity index (χ2v) is 8.06. The quantitative estimate of drug-likeness (QED) is 0.516. The van der Waals surface area contributed by atoms with E-state index in [0.29, 0.717) is 16.2 Å². The van der Waals surface area contributed by atoms with Crippen LogP contribution in [0.25, 0.3) is 22.3 Å². The first-order valence-electron chi connectivity index (χ1n) is 9.61. The van der Waals surface area contributed by atoms with Gasteiger partial charge in [-0.3, -0.25) is 9.89 Å². The lowest BCUT2D eigenvalue weighted by Crippen LogP contribution is -2.42. The number of rotatable bonds is 3. The third-order valence-electron chi connectivity index (χ3n) is 5.90. The maximum Gasteiger partial charge on any atom is 0.256 e. The van der Waals surface area contributed by atoms with Crippen molar-refractivity contribution < 1.29 is 4.79 Å². The van der Waals surface area contributed by atoms with E-state index in [9.17, 15) is 4.79 Å². The molecule has 7 heteroatoms. The molecule has 1 aliphatic heterocycles. The Morgan fingerprint density at radius 1 is 1.24 bits per heavy atom. The van der Waals surface area contributed by atoms with Gasteiger partial charge in [0.05, 0.1) is 23.0 Å². The number of H-pyrrole nitrogens is 2. The zero-order valence-corrected chi connectivity index (χ0v) is 16.7. The molecule has 1 atom stereocenters. The van der Waals surface area contributed by atoms with Crippen LogP contribution in [0.5, 0.6) is 0 Å². The molecule has 1 aliphatic rings. The summed E-state index contributed by atoms with van der Waals surface area (Å²) < 4.78 is 0. The molecule has 2 N–H and O–H groups in total. The summed E-state index contributed by atoms with van der Waals surface area (Å²) in [6.07, 6.45) is 7.15. The van der Waals surface area contributed by atoms with E-state index in [2.05, 4.69) is 27.1 Å². The second kappa shape index (κ2) is 6.74. The Morgan fingerprint density at radius 3 is 2.93 bits per heavy atom. The van der Waals surface area contributed by atoms with Crippen molar-refractivity contribution >= 4 is 28.5 Å². The van der Waals surface area contributed by atoms with Crippen LogP contribution in [-0.2, 0) is 5.54 Å². The smallest absolute Gasteiger partial charge is 0.256 e. The molecule has 0 aliphatic carbocycles. The maximum atomic E-state index is 13.5. The largest absolute Gasteiger partial charge is 0.345 e. The molecule has 0 bridgehead atoms. The first-order chi connectivity index (χ1) is 14.1. The number of nitrogens with zero attached hydrogens (tertiary/aromatic N) is 3. The number of amides is 1. The number of hydrogen-bond donors (Lipinski definition) is 2. The van der Waals surface area contributed by atoms with E-state index in [4.69, 9.17) is 11.6 Å². The Labute approximate surface area is 172 Å². The van der Waals surface area contributed by atoms with Gasteiger partial charge in [0.2, 0.25) is 0 Å². The van der Waals surface area contributed by atoms with Crippen molar-refractivity contribution in [3.8, 4) is 11.3 Å². The summed E-state index contributed by atoms with van der Waals surface area (Å²) in [6, 6.07) is 11.7. The number of nitrogens with one attached hydrogen (secondary N) is 2. The van der Waals surface area contributed by atoms with Gasteiger partial charge < -0.3 is 9.88 Å². The second-order valence-electron chi connectivity index (χ2n) is 7.63. The van der Waals surface area contributed by atoms with Crippen LogP contribution in [0.3, 0.4) is 0 Å². The van der Waals surface area contributed by atoms with Gasteiger partial charge in [0.1, 0.15) is 5.65 Å². The standard InChI is InChI=1S/C22H20ClN5O/c1-22(15-4-2-5-16(23)10-15)8-3-9-28(22)21(29)18-13-24-20-17(18)6-7-19(27-20)14-11-25-26-12-14/h2,4-7,10-13H,3,8-9H2,1H3,(H,24,27)(H,25,26)/t22-/m1/s1. The Hall–Kier alpha value is -3.12. The molecule has 1 fully saturated rings. The van der Waals surface area contributed by atoms with E-state index in [0.717, 1.165) is 41.6 Å². The van der Waals surface area contributed by atoms with Crippen LogP contribution in [0.2, 0.25) is 5.02 Å². The number of likely N-dealkylation sites (tertiary alicyclic amines) is 1. The molecule has 3 aromatic heterocycles. The third-order valence-corrected chi connectivity index (χ3v) is 6.13. The molecule has 146 valence electrons. The van der Waals surface area contributed by atoms with E-state index in [-0.39, 0.29) is 11.4 Å². The molecule has 6 nitrogen and oxygen atoms in total. The Bertz CT molecular complexity index is 1200. The van der Waals surface area contributed by atoms with Crippen LogP contribution in [0, 0.1) is 0 Å². The van der Waals surface area contributed by atoms with Gasteiger partial charge in [-0.05, 0) is 49.6 Å². The Kier molecular flexibility index (Phi) is 4.17. The van der Waals surface area contributed by atoms with E-state index >= 15 is 0 Å². The van der Waals surface area contributed by atoms with Crippen LogP contribution < -0.4 is 0 Å². The molecule has 1 saturated heterocycles. The number of aromatic nitrogens is 4. The Balaban J connectivity index is 1.52. The summed E-state index contributed by atoms with van der Waals surface area (Å²) in [5.74, 6) is 0.00841. The van der Waals surface area contributed by atoms with Gasteiger partial charge in [-0.15, -0.1) is 0 Å². The summed E-state index contributed by atoms with van der Waals surface area (Å²) in [4.78, 5) is 23.3. The van der Waals surface area contributed by atoms with Gasteiger partial charge in [-0.2, -0.15) is 5.10 Å². The number of carbonyl (C=O) groups excluding carboxylic acids is 1. The lowest BCUT2D eigenvalue weighted by atomic mass is 9.89. The molecular weight excluding hydrogens is 386 g/mol. The van der Waals surface area contributed by atoms with Crippen LogP contribution in [0.15, 0.2) is 55.0 Å². The monoisotopic (exact) mass is 405 g/mol. The van der Waals surface area contributed by atoms with Gasteiger partial charge in [0, 0.05) is 34.9 Å². The lowest BCUT2D eigenvalue weighted by molar-refractivity contribution is 0.0621. The fourth-order valence-electron chi connectivity index (χ4n) is 4.29. The summed E-state index contributed by atoms with van der Waals surface area (Å²) in [6.45, 7) is 2.84. The van der Waals surface area contributed by atoms with E-state index in [1.54, 1.807) is 18.6 Å². The summed E-state index contributed by atoms with van der Waals surface area (Å²) in [7, 11) is 0. The van der Waals surface area contributed by atoms with Crippen molar-refractivity contribution in [1.82, 2.24) is 25.1 Å². The molecule has 0 spiro atoms. The SMILES string of the molecule is C[C@]1(c2cccc(Cl)c2)CCCN1C(=O)c1c[nH]c2nc(-c3cn[nH]c3)ccc12. The van der Waals surface area contributed by atoms with Crippen molar-refractivity contribution in [3.63, 3.8) is 0 Å². The number of aromatic amines is 2. The minimum absolute atomic E-state index is 0.00841. The van der Waals surface area contributed by atoms with Crippen LogP contribution >= 0.6 is 11.6 Å². The summed E-state index contributed by atoms with van der Waals surface area (Å²) >= 11 is 6.22. The fraction of sp³-hybridized carbons (Fsp3) is 0.227. The van der Waals surface area contributed by atoms with Gasteiger partial charge >= 0.3 is 0 Å². The topological polar surface area (TPSA) is 77.7 Å². The van der Waals surface area contributed by atoms with Gasteiger partial charge in [-0.25, -0.2) is 4.98 Å². The third kappa shape index (κ3) is 2.91. The predicted molar refractivity (Wildman–Crippen MR) is 113 cm³/mol. The van der Waals surface area contributed by atoms with Crippen molar-refractivity contribution in [2.45, 2.75) is 25.3 Å². The van der Waals surface area contributed by atoms with E-state index < -0.39 is 0 Å². The highest BCUT2D eigenvalue weighted by atomic mass is 35.5. The van der Waals surface area contributed by atoms with Gasteiger partial charge in [-0.1, -0.05) is 23.7 Å². The molecule has 1 amide bonds. The fourth-order valence-corrected chi connectivity index (χ4v) is 4.48. The lowest BCUT2D eigenvalue weighted by Gasteiger charge is -2.36. The number of fused-ring (bicyclic) bond motifs is 1. The molecule has 0 radical (unpaired) electrons. The minimum Gasteiger partial charge on any atom is -0.345 e. The van der Waals surface area contributed by atoms with Crippen molar-refractivity contribution in [3.05, 3.63) is 71.1 Å². The van der Waals surface area contributed by atoms with Crippen molar-refractivity contribution in [2.24, 2.45) is 0 Å². The highest BCUT2D eigenvalue weighted by Crippen LogP contribution is 2.40. The van der Waals surface area contributed by atoms with Crippen molar-refractivity contribution in [1.29, 1.82) is 0 Å². The van der Waals surface area contributed by atoms with Gasteiger partial charge in [0.15, 0.2) is 0 Å². The van der Waals surface area contributed by atoms with E-state index in [1.807, 2.05) is 41.3 Å². The number of carbonyl (C=O) groups is 1. The van der Waals surface area contributed by atoms with E-state index in [1.165, 1.54) is 0 Å². The molecular formula is C22H20ClN5O. The average molecular weight is 406 g/mol. The Morgan fingerprint density at radius 2 is 2.14 bits per heavy atom. The average Bonchev–Trinajstić information content (AvgIpc) is 3.47. The van der Waals surface area contributed by atoms with Gasteiger partial charge in [0.25, 0.3) is 5.91 Å². The highest BCUT2D eigenvalue weighted by molar-refractivity contribution is 6.30.